The van der Waals surface area contributed by atoms with E-state index in [1.165, 1.54) is 6.20 Å². The van der Waals surface area contributed by atoms with Crippen molar-refractivity contribution in [2.45, 2.75) is 19.0 Å². The van der Waals surface area contributed by atoms with Gasteiger partial charge in [0, 0.05) is 18.0 Å². The van der Waals surface area contributed by atoms with Gasteiger partial charge < -0.3 is 0 Å². The van der Waals surface area contributed by atoms with Gasteiger partial charge in [0.25, 0.3) is 0 Å². The van der Waals surface area contributed by atoms with Crippen molar-refractivity contribution in [3.63, 3.8) is 0 Å². The van der Waals surface area contributed by atoms with Gasteiger partial charge in [-0.3, -0.25) is 9.78 Å². The highest BCUT2D eigenvalue weighted by Crippen LogP contribution is 2.22. The maximum atomic E-state index is 12.1. The van der Waals surface area contributed by atoms with Crippen LogP contribution in [0, 0.1) is 0 Å². The Bertz CT molecular complexity index is 572. The van der Waals surface area contributed by atoms with Gasteiger partial charge in [-0.2, -0.15) is 13.2 Å². The quantitative estimate of drug-likeness (QED) is 0.840. The SMILES string of the molecule is O=C(Cc1ccnc2ccccc12)CC(F)(F)F. The number of rotatable bonds is 3. The standard InChI is InChI=1S/C13H10F3NO/c14-13(15,16)8-10(18)7-9-5-6-17-12-4-2-1-3-11(9)12/h1-6H,7-8H2. The number of carbonyl (C=O) groups excluding carboxylic acids is 1. The summed E-state index contributed by atoms with van der Waals surface area (Å²) in [6.45, 7) is 0. The molecule has 2 nitrogen and oxygen atoms in total. The van der Waals surface area contributed by atoms with Gasteiger partial charge in [0.15, 0.2) is 0 Å². The number of benzene rings is 1. The zero-order chi connectivity index (χ0) is 13.2. The van der Waals surface area contributed by atoms with Crippen LogP contribution in [0.5, 0.6) is 0 Å². The van der Waals surface area contributed by atoms with Crippen molar-refractivity contribution in [1.82, 2.24) is 4.98 Å². The molecule has 0 saturated heterocycles. The number of hydrogen-bond acceptors (Lipinski definition) is 2. The lowest BCUT2D eigenvalue weighted by Crippen LogP contribution is -2.16. The number of aromatic nitrogens is 1. The molecule has 2 aromatic rings. The van der Waals surface area contributed by atoms with Crippen LogP contribution in [0.15, 0.2) is 36.5 Å². The fourth-order valence-corrected chi connectivity index (χ4v) is 1.81. The molecule has 94 valence electrons. The van der Waals surface area contributed by atoms with Crippen molar-refractivity contribution < 1.29 is 18.0 Å². The number of halogens is 3. The van der Waals surface area contributed by atoms with E-state index >= 15 is 0 Å². The molecule has 0 aliphatic heterocycles. The predicted octanol–water partition coefficient (Wildman–Crippen LogP) is 3.30. The van der Waals surface area contributed by atoms with Gasteiger partial charge in [-0.1, -0.05) is 18.2 Å². The first-order chi connectivity index (χ1) is 8.46. The Kier molecular flexibility index (Phi) is 3.32. The Labute approximate surface area is 101 Å². The fourth-order valence-electron chi connectivity index (χ4n) is 1.81. The van der Waals surface area contributed by atoms with Gasteiger partial charge in [0.05, 0.1) is 5.52 Å². The first kappa shape index (κ1) is 12.5. The lowest BCUT2D eigenvalue weighted by atomic mass is 10.0. The lowest BCUT2D eigenvalue weighted by Gasteiger charge is -2.07. The number of carbonyl (C=O) groups is 1. The molecule has 1 heterocycles. The molecule has 1 aromatic carbocycles. The van der Waals surface area contributed by atoms with E-state index in [4.69, 9.17) is 0 Å². The second-order valence-electron chi connectivity index (χ2n) is 3.99. The molecule has 1 aromatic heterocycles. The Morgan fingerprint density at radius 1 is 1.17 bits per heavy atom. The monoisotopic (exact) mass is 253 g/mol. The second kappa shape index (κ2) is 4.76. The Hall–Kier alpha value is -1.91. The number of pyridine rings is 1. The van der Waals surface area contributed by atoms with E-state index in [0.717, 1.165) is 5.39 Å². The summed E-state index contributed by atoms with van der Waals surface area (Å²) >= 11 is 0. The molecule has 0 spiro atoms. The predicted molar refractivity (Wildman–Crippen MR) is 61.1 cm³/mol. The van der Waals surface area contributed by atoms with Crippen LogP contribution in [0.3, 0.4) is 0 Å². The number of Topliss-reactive ketones (excluding diaryl/α,β-unsaturated/α-hetero) is 1. The number of alkyl halides is 3. The molecule has 0 amide bonds. The van der Waals surface area contributed by atoms with Gasteiger partial charge in [0.2, 0.25) is 0 Å². The van der Waals surface area contributed by atoms with Crippen LogP contribution in [0.2, 0.25) is 0 Å². The van der Waals surface area contributed by atoms with E-state index in [-0.39, 0.29) is 6.42 Å². The minimum absolute atomic E-state index is 0.220. The molecule has 0 fully saturated rings. The topological polar surface area (TPSA) is 30.0 Å². The summed E-state index contributed by atoms with van der Waals surface area (Å²) in [5.74, 6) is -0.834. The summed E-state index contributed by atoms with van der Waals surface area (Å²) in [4.78, 5) is 15.4. The van der Waals surface area contributed by atoms with Crippen LogP contribution in [-0.2, 0) is 11.2 Å². The van der Waals surface area contributed by atoms with Crippen molar-refractivity contribution >= 4 is 16.7 Å². The normalized spacial score (nSPS) is 11.7. The third-order valence-corrected chi connectivity index (χ3v) is 2.52. The number of para-hydroxylation sites is 1. The van der Waals surface area contributed by atoms with Crippen LogP contribution < -0.4 is 0 Å². The Morgan fingerprint density at radius 2 is 1.89 bits per heavy atom. The van der Waals surface area contributed by atoms with E-state index in [1.807, 2.05) is 0 Å². The molecule has 0 aliphatic rings. The molecule has 0 radical (unpaired) electrons. The Morgan fingerprint density at radius 3 is 2.61 bits per heavy atom. The van der Waals surface area contributed by atoms with Crippen molar-refractivity contribution in [3.8, 4) is 0 Å². The smallest absolute Gasteiger partial charge is 0.299 e. The van der Waals surface area contributed by atoms with Crippen LogP contribution in [-0.4, -0.2) is 16.9 Å². The molecule has 0 N–H and O–H groups in total. The zero-order valence-electron chi connectivity index (χ0n) is 9.37. The number of fused-ring (bicyclic) bond motifs is 1. The molecule has 2 rings (SSSR count). The average molecular weight is 253 g/mol. The third-order valence-electron chi connectivity index (χ3n) is 2.52. The highest BCUT2D eigenvalue weighted by atomic mass is 19.4. The van der Waals surface area contributed by atoms with E-state index in [1.54, 1.807) is 30.3 Å². The first-order valence-corrected chi connectivity index (χ1v) is 5.37. The first-order valence-electron chi connectivity index (χ1n) is 5.37. The van der Waals surface area contributed by atoms with Gasteiger partial charge in [-0.25, -0.2) is 0 Å². The van der Waals surface area contributed by atoms with Crippen LogP contribution in [0.25, 0.3) is 10.9 Å². The van der Waals surface area contributed by atoms with Crippen molar-refractivity contribution in [1.29, 1.82) is 0 Å². The van der Waals surface area contributed by atoms with Gasteiger partial charge in [-0.05, 0) is 17.7 Å². The third kappa shape index (κ3) is 3.06. The summed E-state index contributed by atoms with van der Waals surface area (Å²) in [6, 6.07) is 8.64. The molecule has 0 aliphatic carbocycles. The van der Waals surface area contributed by atoms with Crippen LogP contribution >= 0.6 is 0 Å². The molecule has 18 heavy (non-hydrogen) atoms. The van der Waals surface area contributed by atoms with E-state index in [9.17, 15) is 18.0 Å². The highest BCUT2D eigenvalue weighted by Gasteiger charge is 2.30. The molecular formula is C13H10F3NO. The number of hydrogen-bond donors (Lipinski definition) is 0. The van der Waals surface area contributed by atoms with Gasteiger partial charge in [-0.15, -0.1) is 0 Å². The minimum atomic E-state index is -4.44. The number of nitrogens with zero attached hydrogens (tertiary/aromatic N) is 1. The summed E-state index contributed by atoms with van der Waals surface area (Å²) in [5.41, 5.74) is 1.25. The molecule has 0 unspecified atom stereocenters. The van der Waals surface area contributed by atoms with Crippen molar-refractivity contribution in [2.75, 3.05) is 0 Å². The Balaban J connectivity index is 2.24. The largest absolute Gasteiger partial charge is 0.395 e. The van der Waals surface area contributed by atoms with E-state index in [2.05, 4.69) is 4.98 Å². The second-order valence-corrected chi connectivity index (χ2v) is 3.99. The maximum Gasteiger partial charge on any atom is 0.395 e. The highest BCUT2D eigenvalue weighted by molar-refractivity contribution is 5.89. The van der Waals surface area contributed by atoms with Crippen LogP contribution in [0.1, 0.15) is 12.0 Å². The molecule has 5 heteroatoms. The van der Waals surface area contributed by atoms with Crippen LogP contribution in [0.4, 0.5) is 13.2 Å². The van der Waals surface area contributed by atoms with Gasteiger partial charge in [0.1, 0.15) is 12.2 Å². The lowest BCUT2D eigenvalue weighted by molar-refractivity contribution is -0.151. The molecule has 0 atom stereocenters. The van der Waals surface area contributed by atoms with E-state index in [0.29, 0.717) is 11.1 Å². The summed E-state index contributed by atoms with van der Waals surface area (Å²) in [7, 11) is 0. The summed E-state index contributed by atoms with van der Waals surface area (Å²) in [5, 5.41) is 0.718. The summed E-state index contributed by atoms with van der Waals surface area (Å²) < 4.78 is 36.3. The summed E-state index contributed by atoms with van der Waals surface area (Å²) in [6.07, 6.45) is -4.55. The minimum Gasteiger partial charge on any atom is -0.299 e. The maximum absolute atomic E-state index is 12.1. The van der Waals surface area contributed by atoms with Crippen molar-refractivity contribution in [3.05, 3.63) is 42.1 Å². The fraction of sp³-hybridized carbons (Fsp3) is 0.231. The van der Waals surface area contributed by atoms with Gasteiger partial charge >= 0.3 is 6.18 Å². The molecule has 0 saturated carbocycles. The van der Waals surface area contributed by atoms with Crippen molar-refractivity contribution in [2.24, 2.45) is 0 Å². The number of ketones is 1. The molecular weight excluding hydrogens is 243 g/mol. The van der Waals surface area contributed by atoms with E-state index < -0.39 is 18.4 Å². The average Bonchev–Trinajstić information content (AvgIpc) is 2.27. The molecule has 0 bridgehead atoms. The zero-order valence-corrected chi connectivity index (χ0v) is 9.37.